The predicted octanol–water partition coefficient (Wildman–Crippen LogP) is 3.10. The van der Waals surface area contributed by atoms with Gasteiger partial charge in [-0.15, -0.1) is 5.10 Å². The minimum absolute atomic E-state index is 0.0210. The number of alkyl halides is 2. The van der Waals surface area contributed by atoms with Gasteiger partial charge in [0, 0.05) is 43.3 Å². The zero-order valence-corrected chi connectivity index (χ0v) is 17.8. The van der Waals surface area contributed by atoms with Gasteiger partial charge in [0.15, 0.2) is 0 Å². The van der Waals surface area contributed by atoms with Gasteiger partial charge >= 0.3 is 6.01 Å². The van der Waals surface area contributed by atoms with Crippen molar-refractivity contribution in [1.82, 2.24) is 25.5 Å². The molecule has 2 saturated heterocycles. The third-order valence-corrected chi connectivity index (χ3v) is 6.62. The number of fused-ring (bicyclic) bond motifs is 3. The summed E-state index contributed by atoms with van der Waals surface area (Å²) in [5.41, 5.74) is -1.55. The number of methoxy groups -OCH3 is 1. The van der Waals surface area contributed by atoms with Gasteiger partial charge in [-0.2, -0.15) is 0 Å². The van der Waals surface area contributed by atoms with Gasteiger partial charge in [0.2, 0.25) is 0 Å². The monoisotopic (exact) mass is 443 g/mol. The van der Waals surface area contributed by atoms with Crippen molar-refractivity contribution in [2.75, 3.05) is 7.11 Å². The molecule has 2 fully saturated rings. The molecule has 32 heavy (non-hydrogen) atoms. The van der Waals surface area contributed by atoms with E-state index in [4.69, 9.17) is 9.47 Å². The van der Waals surface area contributed by atoms with Crippen molar-refractivity contribution in [3.63, 3.8) is 0 Å². The van der Waals surface area contributed by atoms with E-state index in [9.17, 15) is 13.9 Å². The first-order valence-electron chi connectivity index (χ1n) is 10.3. The second-order valence-corrected chi connectivity index (χ2v) is 8.99. The van der Waals surface area contributed by atoms with E-state index in [0.29, 0.717) is 11.3 Å². The maximum atomic E-state index is 14.7. The van der Waals surface area contributed by atoms with Crippen LogP contribution in [0.25, 0.3) is 22.0 Å². The smallest absolute Gasteiger partial charge is 0.336 e. The number of piperidine rings is 1. The molecule has 0 unspecified atom stereocenters. The van der Waals surface area contributed by atoms with Crippen LogP contribution in [0, 0.1) is 0 Å². The van der Waals surface area contributed by atoms with Crippen molar-refractivity contribution in [2.45, 2.75) is 55.9 Å². The largest absolute Gasteiger partial charge is 0.507 e. The third kappa shape index (κ3) is 3.17. The number of rotatable bonds is 4. The molecule has 4 atom stereocenters. The fraction of sp³-hybridized carbons (Fsp3) is 0.455. The summed E-state index contributed by atoms with van der Waals surface area (Å²) >= 11 is 0. The average Bonchev–Trinajstić information content (AvgIpc) is 2.88. The Labute approximate surface area is 183 Å². The number of ether oxygens (including phenoxy) is 2. The van der Waals surface area contributed by atoms with E-state index in [1.54, 1.807) is 31.5 Å². The fourth-order valence-electron chi connectivity index (χ4n) is 5.14. The Morgan fingerprint density at radius 2 is 1.97 bits per heavy atom. The number of benzene rings is 1. The lowest BCUT2D eigenvalue weighted by Gasteiger charge is -2.46. The molecule has 168 valence electrons. The van der Waals surface area contributed by atoms with Crippen LogP contribution in [0.15, 0.2) is 36.8 Å². The van der Waals surface area contributed by atoms with Gasteiger partial charge in [-0.25, -0.2) is 13.8 Å². The minimum atomic E-state index is -2.90. The Morgan fingerprint density at radius 1 is 1.16 bits per heavy atom. The van der Waals surface area contributed by atoms with Gasteiger partial charge in [-0.1, -0.05) is 5.10 Å². The summed E-state index contributed by atoms with van der Waals surface area (Å²) in [6, 6.07) is 5.15. The molecule has 0 aliphatic carbocycles. The van der Waals surface area contributed by atoms with E-state index in [1.807, 2.05) is 6.07 Å². The van der Waals surface area contributed by atoms with Crippen LogP contribution in [0.3, 0.4) is 0 Å². The molecule has 2 aliphatic heterocycles. The molecule has 0 radical (unpaired) electrons. The summed E-state index contributed by atoms with van der Waals surface area (Å²) in [5, 5.41) is 23.3. The second-order valence-electron chi connectivity index (χ2n) is 8.99. The number of hydrogen-bond donors (Lipinski definition) is 2. The van der Waals surface area contributed by atoms with Crippen molar-refractivity contribution in [3.05, 3.63) is 36.8 Å². The molecule has 3 aromatic rings. The molecule has 2 aliphatic rings. The van der Waals surface area contributed by atoms with Gasteiger partial charge in [-0.05, 0) is 37.4 Å². The van der Waals surface area contributed by atoms with Gasteiger partial charge in [0.25, 0.3) is 5.92 Å². The molecule has 0 amide bonds. The Balaban J connectivity index is 1.41. The van der Waals surface area contributed by atoms with Gasteiger partial charge in [0.1, 0.15) is 23.7 Å². The normalized spacial score (nSPS) is 31.0. The van der Waals surface area contributed by atoms with Crippen LogP contribution >= 0.6 is 0 Å². The van der Waals surface area contributed by atoms with E-state index < -0.39 is 29.2 Å². The standard InChI is InChI=1S/C22H23F2N5O3/c1-20-11-22(23,24)21(2,29-20)8-17(18(20)31-3)32-19-26-10-15(27-28-19)14-6-12-4-5-25-9-13(12)7-16(14)30/h4-7,9-10,17-18,29-30H,8,11H2,1-3H3/t17-,18+,20+,21+/m0/s1. The van der Waals surface area contributed by atoms with Crippen LogP contribution < -0.4 is 10.1 Å². The number of phenols is 1. The summed E-state index contributed by atoms with van der Waals surface area (Å²) < 4.78 is 40.9. The molecular weight excluding hydrogens is 420 g/mol. The topological polar surface area (TPSA) is 102 Å². The van der Waals surface area contributed by atoms with Crippen molar-refractivity contribution in [1.29, 1.82) is 0 Å². The zero-order chi connectivity index (χ0) is 22.7. The molecule has 4 heterocycles. The Kier molecular flexibility index (Phi) is 4.58. The molecule has 5 rings (SSSR count). The SMILES string of the molecule is CO[C@@H]1[C@@H](Oc2ncc(-c3cc4ccncc4cc3O)nn2)C[C@@]2(C)N[C@]1(C)CC2(F)F. The predicted molar refractivity (Wildman–Crippen MR) is 112 cm³/mol. The minimum Gasteiger partial charge on any atom is -0.507 e. The summed E-state index contributed by atoms with van der Waals surface area (Å²) in [4.78, 5) is 8.25. The Bertz CT molecular complexity index is 1170. The number of nitrogens with one attached hydrogen (secondary N) is 1. The molecule has 0 saturated carbocycles. The third-order valence-electron chi connectivity index (χ3n) is 6.62. The van der Waals surface area contributed by atoms with Crippen LogP contribution in [-0.4, -0.2) is 61.6 Å². The number of pyridine rings is 1. The van der Waals surface area contributed by atoms with Gasteiger partial charge in [0.05, 0.1) is 17.3 Å². The van der Waals surface area contributed by atoms with E-state index in [2.05, 4.69) is 25.5 Å². The highest BCUT2D eigenvalue weighted by atomic mass is 19.3. The van der Waals surface area contributed by atoms with Crippen LogP contribution in [0.1, 0.15) is 26.7 Å². The van der Waals surface area contributed by atoms with E-state index in [1.165, 1.54) is 20.2 Å². The van der Waals surface area contributed by atoms with Crippen molar-refractivity contribution in [3.8, 4) is 23.0 Å². The first-order valence-corrected chi connectivity index (χ1v) is 10.3. The molecule has 8 nitrogen and oxygen atoms in total. The Hall–Kier alpha value is -2.98. The average molecular weight is 443 g/mol. The lowest BCUT2D eigenvalue weighted by atomic mass is 9.83. The van der Waals surface area contributed by atoms with Crippen molar-refractivity contribution in [2.24, 2.45) is 0 Å². The van der Waals surface area contributed by atoms with E-state index >= 15 is 0 Å². The molecule has 1 aromatic carbocycles. The summed E-state index contributed by atoms with van der Waals surface area (Å²) in [5.74, 6) is -2.88. The number of nitrogens with zero attached hydrogens (tertiary/aromatic N) is 4. The number of aromatic nitrogens is 4. The lowest BCUT2D eigenvalue weighted by Crippen LogP contribution is -2.67. The number of halogens is 2. The molecule has 10 heteroatoms. The van der Waals surface area contributed by atoms with Gasteiger partial charge < -0.3 is 14.6 Å². The maximum Gasteiger partial charge on any atom is 0.336 e. The lowest BCUT2D eigenvalue weighted by molar-refractivity contribution is -0.0976. The fourth-order valence-corrected chi connectivity index (χ4v) is 5.14. The first kappa shape index (κ1) is 20.9. The van der Waals surface area contributed by atoms with E-state index in [-0.39, 0.29) is 24.6 Å². The van der Waals surface area contributed by atoms with E-state index in [0.717, 1.165) is 10.8 Å². The summed E-state index contributed by atoms with van der Waals surface area (Å²) in [6.45, 7) is 3.22. The van der Waals surface area contributed by atoms with Crippen LogP contribution in [-0.2, 0) is 4.74 Å². The summed E-state index contributed by atoms with van der Waals surface area (Å²) in [7, 11) is 1.48. The van der Waals surface area contributed by atoms with Crippen molar-refractivity contribution < 1.29 is 23.4 Å². The van der Waals surface area contributed by atoms with Crippen molar-refractivity contribution >= 4 is 10.8 Å². The highest BCUT2D eigenvalue weighted by Crippen LogP contribution is 2.52. The summed E-state index contributed by atoms with van der Waals surface area (Å²) in [6.07, 6.45) is 3.13. The molecule has 0 spiro atoms. The highest BCUT2D eigenvalue weighted by Gasteiger charge is 2.69. The molecule has 2 aromatic heterocycles. The van der Waals surface area contributed by atoms with Crippen LogP contribution in [0.2, 0.25) is 0 Å². The van der Waals surface area contributed by atoms with Crippen LogP contribution in [0.4, 0.5) is 8.78 Å². The number of phenolic OH excluding ortho intramolecular Hbond substituents is 1. The molecular formula is C22H23F2N5O3. The quantitative estimate of drug-likeness (QED) is 0.634. The molecule has 2 bridgehead atoms. The highest BCUT2D eigenvalue weighted by molar-refractivity contribution is 5.89. The zero-order valence-electron chi connectivity index (χ0n) is 17.8. The maximum absolute atomic E-state index is 14.7. The number of hydrogen-bond acceptors (Lipinski definition) is 8. The molecule has 2 N–H and O–H groups in total. The first-order chi connectivity index (χ1) is 15.1. The Morgan fingerprint density at radius 3 is 2.69 bits per heavy atom. The van der Waals surface area contributed by atoms with Crippen LogP contribution in [0.5, 0.6) is 11.8 Å². The van der Waals surface area contributed by atoms with Gasteiger partial charge in [-0.3, -0.25) is 10.3 Å². The second kappa shape index (κ2) is 7.01. The number of aromatic hydroxyl groups is 1.